The lowest BCUT2D eigenvalue weighted by Crippen LogP contribution is -2.24. The van der Waals surface area contributed by atoms with Crippen LogP contribution in [-0.4, -0.2) is 39.3 Å². The van der Waals surface area contributed by atoms with Crippen molar-refractivity contribution in [3.8, 4) is 5.75 Å². The molecule has 0 spiro atoms. The van der Waals surface area contributed by atoms with E-state index in [1.165, 1.54) is 20.2 Å². The molecule has 2 aromatic rings. The summed E-state index contributed by atoms with van der Waals surface area (Å²) in [5.41, 5.74) is 1.36. The van der Waals surface area contributed by atoms with E-state index in [9.17, 15) is 13.2 Å². The molecular weight excluding hydrogens is 376 g/mol. The average Bonchev–Trinajstić information content (AvgIpc) is 2.67. The number of benzene rings is 2. The Morgan fingerprint density at radius 2 is 1.79 bits per heavy atom. The number of amides is 1. The number of ether oxygens (including phenoxy) is 1. The van der Waals surface area contributed by atoms with Crippen molar-refractivity contribution in [2.75, 3.05) is 26.0 Å². The van der Waals surface area contributed by atoms with Crippen molar-refractivity contribution in [2.45, 2.75) is 37.5 Å². The molecular formula is C21H28N2O4S. The first-order valence-electron chi connectivity index (χ1n) is 9.36. The molecule has 6 nitrogen and oxygen atoms in total. The molecule has 0 aromatic heterocycles. The number of rotatable bonds is 9. The van der Waals surface area contributed by atoms with Gasteiger partial charge < -0.3 is 10.1 Å². The van der Waals surface area contributed by atoms with Crippen LogP contribution in [-0.2, 0) is 14.8 Å². The maximum absolute atomic E-state index is 12.9. The first kappa shape index (κ1) is 21.9. The van der Waals surface area contributed by atoms with Gasteiger partial charge in [-0.25, -0.2) is 12.7 Å². The van der Waals surface area contributed by atoms with Gasteiger partial charge in [0.15, 0.2) is 0 Å². The highest BCUT2D eigenvalue weighted by molar-refractivity contribution is 7.89. The number of hydrogen-bond donors (Lipinski definition) is 1. The number of carbonyl (C=O) groups is 1. The number of sulfonamides is 1. The van der Waals surface area contributed by atoms with Gasteiger partial charge in [0, 0.05) is 19.8 Å². The summed E-state index contributed by atoms with van der Waals surface area (Å²) in [7, 11) is -0.791. The molecule has 0 saturated heterocycles. The second-order valence-electron chi connectivity index (χ2n) is 6.62. The fourth-order valence-electron chi connectivity index (χ4n) is 2.91. The molecule has 1 amide bonds. The van der Waals surface area contributed by atoms with Gasteiger partial charge in [0.2, 0.25) is 15.9 Å². The predicted molar refractivity (Wildman–Crippen MR) is 111 cm³/mol. The molecule has 152 valence electrons. The Balaban J connectivity index is 2.36. The molecule has 0 radical (unpaired) electrons. The van der Waals surface area contributed by atoms with Gasteiger partial charge in [0.05, 0.1) is 12.5 Å². The number of nitrogens with zero attached hydrogens (tertiary/aromatic N) is 1. The molecule has 2 aromatic carbocycles. The molecule has 0 aliphatic heterocycles. The Morgan fingerprint density at radius 3 is 2.36 bits per heavy atom. The summed E-state index contributed by atoms with van der Waals surface area (Å²) in [5.74, 6) is -0.195. The SMILES string of the molecule is CCC[C@@H](C(=O)Nc1ccc(OCC)c(S(=O)(=O)N(C)C)c1)c1ccccc1. The minimum Gasteiger partial charge on any atom is -0.492 e. The van der Waals surface area contributed by atoms with Crippen LogP contribution in [0, 0.1) is 0 Å². The number of carbonyl (C=O) groups excluding carboxylic acids is 1. The average molecular weight is 405 g/mol. The molecule has 1 N–H and O–H groups in total. The standard InChI is InChI=1S/C21H28N2O4S/c1-5-10-18(16-11-8-7-9-12-16)21(24)22-17-13-14-19(27-6-2)20(15-17)28(25,26)23(3)4/h7-9,11-15,18H,5-6,10H2,1-4H3,(H,22,24)/t18-/m1/s1. The summed E-state index contributed by atoms with van der Waals surface area (Å²) in [6.45, 7) is 4.16. The summed E-state index contributed by atoms with van der Waals surface area (Å²) in [6, 6.07) is 14.3. The van der Waals surface area contributed by atoms with Gasteiger partial charge in [-0.2, -0.15) is 0 Å². The van der Waals surface area contributed by atoms with Crippen LogP contribution in [0.5, 0.6) is 5.75 Å². The minimum absolute atomic E-state index is 0.0314. The largest absolute Gasteiger partial charge is 0.492 e. The molecule has 0 fully saturated rings. The van der Waals surface area contributed by atoms with Crippen molar-refractivity contribution in [1.82, 2.24) is 4.31 Å². The van der Waals surface area contributed by atoms with Crippen LogP contribution in [0.4, 0.5) is 5.69 Å². The van der Waals surface area contributed by atoms with E-state index in [-0.39, 0.29) is 22.5 Å². The summed E-state index contributed by atoms with van der Waals surface area (Å²) >= 11 is 0. The second kappa shape index (κ2) is 9.71. The molecule has 7 heteroatoms. The molecule has 0 saturated carbocycles. The molecule has 0 unspecified atom stereocenters. The zero-order chi connectivity index (χ0) is 20.7. The topological polar surface area (TPSA) is 75.7 Å². The predicted octanol–water partition coefficient (Wildman–Crippen LogP) is 3.86. The first-order chi connectivity index (χ1) is 13.3. The van der Waals surface area contributed by atoms with Gasteiger partial charge >= 0.3 is 0 Å². The van der Waals surface area contributed by atoms with Crippen LogP contribution in [0.1, 0.15) is 38.2 Å². The zero-order valence-electron chi connectivity index (χ0n) is 16.8. The van der Waals surface area contributed by atoms with Crippen molar-refractivity contribution < 1.29 is 17.9 Å². The van der Waals surface area contributed by atoms with Gasteiger partial charge in [-0.05, 0) is 37.1 Å². The number of nitrogens with one attached hydrogen (secondary N) is 1. The number of hydrogen-bond acceptors (Lipinski definition) is 4. The molecule has 0 aliphatic carbocycles. The normalized spacial score (nSPS) is 12.6. The maximum Gasteiger partial charge on any atom is 0.246 e. The van der Waals surface area contributed by atoms with E-state index in [1.807, 2.05) is 37.3 Å². The Labute approximate surface area is 167 Å². The van der Waals surface area contributed by atoms with Crippen molar-refractivity contribution in [2.24, 2.45) is 0 Å². The summed E-state index contributed by atoms with van der Waals surface area (Å²) < 4.78 is 31.9. The third-order valence-electron chi connectivity index (χ3n) is 4.37. The van der Waals surface area contributed by atoms with Crippen molar-refractivity contribution >= 4 is 21.6 Å². The van der Waals surface area contributed by atoms with Crippen LogP contribution in [0.15, 0.2) is 53.4 Å². The van der Waals surface area contributed by atoms with Gasteiger partial charge in [0.1, 0.15) is 10.6 Å². The molecule has 0 aliphatic rings. The highest BCUT2D eigenvalue weighted by Gasteiger charge is 2.24. The van der Waals surface area contributed by atoms with Gasteiger partial charge in [0.25, 0.3) is 0 Å². The van der Waals surface area contributed by atoms with Crippen LogP contribution in [0.25, 0.3) is 0 Å². The van der Waals surface area contributed by atoms with Crippen LogP contribution in [0.2, 0.25) is 0 Å². The minimum atomic E-state index is -3.71. The van der Waals surface area contributed by atoms with Gasteiger partial charge in [-0.15, -0.1) is 0 Å². The smallest absolute Gasteiger partial charge is 0.246 e. The Hall–Kier alpha value is -2.38. The molecule has 0 heterocycles. The van der Waals surface area contributed by atoms with Crippen molar-refractivity contribution in [3.05, 3.63) is 54.1 Å². The summed E-state index contributed by atoms with van der Waals surface area (Å²) in [5, 5.41) is 2.87. The lowest BCUT2D eigenvalue weighted by atomic mass is 9.93. The zero-order valence-corrected chi connectivity index (χ0v) is 17.6. The van der Waals surface area contributed by atoms with E-state index in [0.717, 1.165) is 16.3 Å². The van der Waals surface area contributed by atoms with E-state index in [1.54, 1.807) is 19.1 Å². The molecule has 2 rings (SSSR count). The Morgan fingerprint density at radius 1 is 1.11 bits per heavy atom. The van der Waals surface area contributed by atoms with E-state index in [2.05, 4.69) is 5.32 Å². The Bertz CT molecular complexity index is 896. The molecule has 28 heavy (non-hydrogen) atoms. The summed E-state index contributed by atoms with van der Waals surface area (Å²) in [4.78, 5) is 12.9. The monoisotopic (exact) mass is 404 g/mol. The maximum atomic E-state index is 12.9. The van der Waals surface area contributed by atoms with E-state index >= 15 is 0 Å². The van der Waals surface area contributed by atoms with E-state index in [0.29, 0.717) is 18.7 Å². The Kier molecular flexibility index (Phi) is 7.60. The quantitative estimate of drug-likeness (QED) is 0.689. The van der Waals surface area contributed by atoms with E-state index < -0.39 is 10.0 Å². The van der Waals surface area contributed by atoms with Crippen LogP contribution >= 0.6 is 0 Å². The third-order valence-corrected chi connectivity index (χ3v) is 6.20. The van der Waals surface area contributed by atoms with Crippen molar-refractivity contribution in [3.63, 3.8) is 0 Å². The fraction of sp³-hybridized carbons (Fsp3) is 0.381. The second-order valence-corrected chi connectivity index (χ2v) is 8.74. The fourth-order valence-corrected chi connectivity index (χ4v) is 3.96. The van der Waals surface area contributed by atoms with Crippen molar-refractivity contribution in [1.29, 1.82) is 0 Å². The molecule has 1 atom stereocenters. The summed E-state index contributed by atoms with van der Waals surface area (Å²) in [6.07, 6.45) is 1.56. The molecule has 0 bridgehead atoms. The number of anilines is 1. The van der Waals surface area contributed by atoms with E-state index in [4.69, 9.17) is 4.74 Å². The highest BCUT2D eigenvalue weighted by Crippen LogP contribution is 2.30. The van der Waals surface area contributed by atoms with Gasteiger partial charge in [-0.1, -0.05) is 43.7 Å². The van der Waals surface area contributed by atoms with Crippen LogP contribution < -0.4 is 10.1 Å². The van der Waals surface area contributed by atoms with Crippen LogP contribution in [0.3, 0.4) is 0 Å². The first-order valence-corrected chi connectivity index (χ1v) is 10.8. The highest BCUT2D eigenvalue weighted by atomic mass is 32.2. The lowest BCUT2D eigenvalue weighted by molar-refractivity contribution is -0.117. The lowest BCUT2D eigenvalue weighted by Gasteiger charge is -2.19. The van der Waals surface area contributed by atoms with Gasteiger partial charge in [-0.3, -0.25) is 4.79 Å². The third kappa shape index (κ3) is 5.11.